The minimum atomic E-state index is -3.85. The van der Waals surface area contributed by atoms with Gasteiger partial charge in [0.25, 0.3) is 5.91 Å². The Kier molecular flexibility index (Phi) is 5.61. The first-order valence-corrected chi connectivity index (χ1v) is 10.1. The van der Waals surface area contributed by atoms with Gasteiger partial charge in [0.05, 0.1) is 22.7 Å². The summed E-state index contributed by atoms with van der Waals surface area (Å²) in [6.45, 7) is 1.99. The van der Waals surface area contributed by atoms with Gasteiger partial charge in [0.1, 0.15) is 0 Å². The molecular formula is C19H21NO6S. The van der Waals surface area contributed by atoms with E-state index in [-0.39, 0.29) is 24.5 Å². The van der Waals surface area contributed by atoms with Gasteiger partial charge in [-0.15, -0.1) is 0 Å². The van der Waals surface area contributed by atoms with Crippen molar-refractivity contribution in [3.05, 3.63) is 54.1 Å². The Bertz CT molecular complexity index is 923. The van der Waals surface area contributed by atoms with E-state index >= 15 is 0 Å². The van der Waals surface area contributed by atoms with Crippen molar-refractivity contribution in [2.45, 2.75) is 23.5 Å². The molecule has 1 aliphatic heterocycles. The number of nitrogens with zero attached hydrogens (tertiary/aromatic N) is 1. The summed E-state index contributed by atoms with van der Waals surface area (Å²) in [7, 11) is -3.85. The molecule has 0 aliphatic carbocycles. The second-order valence-electron chi connectivity index (χ2n) is 6.58. The highest BCUT2D eigenvalue weighted by molar-refractivity contribution is 7.92. The van der Waals surface area contributed by atoms with Gasteiger partial charge in [-0.05, 0) is 36.6 Å². The molecule has 2 aromatic carbocycles. The van der Waals surface area contributed by atoms with E-state index in [1.165, 1.54) is 12.1 Å². The Hall–Kier alpha value is -2.26. The van der Waals surface area contributed by atoms with Gasteiger partial charge >= 0.3 is 0 Å². The van der Waals surface area contributed by atoms with Crippen molar-refractivity contribution in [2.24, 2.45) is 5.92 Å². The molecule has 1 aliphatic rings. The van der Waals surface area contributed by atoms with Gasteiger partial charge in [0.2, 0.25) is 0 Å². The Morgan fingerprint density at radius 3 is 2.44 bits per heavy atom. The molecule has 0 aromatic heterocycles. The molecule has 7 nitrogen and oxygen atoms in total. The molecule has 144 valence electrons. The number of hydrogen-bond acceptors (Lipinski definition) is 6. The smallest absolute Gasteiger partial charge is 0.279 e. The maximum atomic E-state index is 13.0. The molecule has 0 bridgehead atoms. The van der Waals surface area contributed by atoms with E-state index < -0.39 is 32.1 Å². The Labute approximate surface area is 157 Å². The fourth-order valence-corrected chi connectivity index (χ4v) is 5.20. The second-order valence-corrected chi connectivity index (χ2v) is 8.74. The molecule has 2 unspecified atom stereocenters. The lowest BCUT2D eigenvalue weighted by Crippen LogP contribution is -2.46. The van der Waals surface area contributed by atoms with Gasteiger partial charge in [0.15, 0.2) is 9.84 Å². The van der Waals surface area contributed by atoms with E-state index in [9.17, 15) is 13.2 Å². The van der Waals surface area contributed by atoms with Crippen LogP contribution in [0.4, 0.5) is 0 Å². The van der Waals surface area contributed by atoms with E-state index in [0.717, 1.165) is 16.7 Å². The number of aryl methyl sites for hydroxylation is 1. The summed E-state index contributed by atoms with van der Waals surface area (Å²) in [6, 6.07) is 14.3. The van der Waals surface area contributed by atoms with E-state index in [1.54, 1.807) is 12.1 Å². The highest BCUT2D eigenvalue weighted by atomic mass is 32.2. The van der Waals surface area contributed by atoms with Crippen LogP contribution in [0, 0.1) is 12.8 Å². The first-order chi connectivity index (χ1) is 12.8. The fraction of sp³-hybridized carbons (Fsp3) is 0.316. The monoisotopic (exact) mass is 391 g/mol. The molecule has 1 heterocycles. The zero-order chi connectivity index (χ0) is 19.6. The molecule has 1 amide bonds. The highest BCUT2D eigenvalue weighted by Crippen LogP contribution is 2.30. The molecule has 1 saturated heterocycles. The second kappa shape index (κ2) is 7.77. The van der Waals surface area contributed by atoms with Crippen LogP contribution in [0.3, 0.4) is 0 Å². The van der Waals surface area contributed by atoms with Crippen molar-refractivity contribution in [1.29, 1.82) is 0 Å². The minimum absolute atomic E-state index is 0.0889. The number of carbonyl (C=O) groups excluding carboxylic acids is 1. The van der Waals surface area contributed by atoms with Crippen molar-refractivity contribution >= 4 is 15.7 Å². The predicted molar refractivity (Wildman–Crippen MR) is 96.9 cm³/mol. The number of rotatable bonds is 4. The maximum absolute atomic E-state index is 13.0. The topological polar surface area (TPSA) is 104 Å². The van der Waals surface area contributed by atoms with Crippen LogP contribution in [0.15, 0.2) is 53.4 Å². The first kappa shape index (κ1) is 19.5. The molecule has 2 N–H and O–H groups in total. The van der Waals surface area contributed by atoms with Crippen molar-refractivity contribution in [2.75, 3.05) is 13.2 Å². The van der Waals surface area contributed by atoms with Crippen molar-refractivity contribution < 1.29 is 28.4 Å². The van der Waals surface area contributed by atoms with Gasteiger partial charge < -0.3 is 4.74 Å². The number of ether oxygens (including phenoxy) is 1. The lowest BCUT2D eigenvalue weighted by atomic mass is 10.0. The number of hydroxylamine groups is 2. The van der Waals surface area contributed by atoms with Crippen molar-refractivity contribution in [1.82, 2.24) is 5.23 Å². The van der Waals surface area contributed by atoms with E-state index in [1.807, 2.05) is 31.2 Å². The molecule has 2 atom stereocenters. The van der Waals surface area contributed by atoms with Crippen LogP contribution in [-0.2, 0) is 19.4 Å². The molecule has 3 rings (SSSR count). The highest BCUT2D eigenvalue weighted by Gasteiger charge is 2.42. The number of sulfone groups is 1. The predicted octanol–water partition coefficient (Wildman–Crippen LogP) is 2.45. The average Bonchev–Trinajstić information content (AvgIpc) is 2.67. The van der Waals surface area contributed by atoms with Crippen LogP contribution in [-0.4, -0.2) is 48.4 Å². The van der Waals surface area contributed by atoms with E-state index in [4.69, 9.17) is 15.2 Å². The number of carbonyl (C=O) groups is 1. The Morgan fingerprint density at radius 2 is 1.81 bits per heavy atom. The summed E-state index contributed by atoms with van der Waals surface area (Å²) in [5.41, 5.74) is 2.97. The Balaban J connectivity index is 1.90. The maximum Gasteiger partial charge on any atom is 0.279 e. The summed E-state index contributed by atoms with van der Waals surface area (Å²) in [4.78, 5) is 12.0. The third-order valence-electron chi connectivity index (χ3n) is 4.74. The first-order valence-electron chi connectivity index (χ1n) is 8.51. The van der Waals surface area contributed by atoms with Crippen molar-refractivity contribution in [3.63, 3.8) is 0 Å². The third-order valence-corrected chi connectivity index (χ3v) is 7.03. The van der Waals surface area contributed by atoms with E-state index in [2.05, 4.69) is 0 Å². The Morgan fingerprint density at radius 1 is 1.11 bits per heavy atom. The summed E-state index contributed by atoms with van der Waals surface area (Å²) in [5.74, 6) is -2.27. The quantitative estimate of drug-likeness (QED) is 0.613. The van der Waals surface area contributed by atoms with Crippen LogP contribution in [0.5, 0.6) is 0 Å². The van der Waals surface area contributed by atoms with Crippen molar-refractivity contribution in [3.8, 4) is 11.1 Å². The lowest BCUT2D eigenvalue weighted by Gasteiger charge is -2.30. The average molecular weight is 391 g/mol. The van der Waals surface area contributed by atoms with Crippen LogP contribution in [0.2, 0.25) is 0 Å². The van der Waals surface area contributed by atoms with Gasteiger partial charge in [-0.3, -0.25) is 15.2 Å². The summed E-state index contributed by atoms with van der Waals surface area (Å²) < 4.78 is 31.2. The third kappa shape index (κ3) is 4.03. The molecule has 0 radical (unpaired) electrons. The van der Waals surface area contributed by atoms with Gasteiger partial charge in [-0.25, -0.2) is 8.42 Å². The SMILES string of the molecule is Cc1cccc(-c2ccc(S(=O)(=O)C3CCOCC3C(=O)N(O)O)cc2)c1. The largest absolute Gasteiger partial charge is 0.381 e. The van der Waals surface area contributed by atoms with Crippen LogP contribution in [0.1, 0.15) is 12.0 Å². The van der Waals surface area contributed by atoms with E-state index in [0.29, 0.717) is 0 Å². The van der Waals surface area contributed by atoms with Crippen LogP contribution >= 0.6 is 0 Å². The zero-order valence-corrected chi connectivity index (χ0v) is 15.6. The molecule has 0 saturated carbocycles. The standard InChI is InChI=1S/C19H21NO6S/c1-13-3-2-4-15(11-13)14-5-7-16(8-6-14)27(24,25)18-9-10-26-12-17(18)19(21)20(22)23/h2-8,11,17-18,22-23H,9-10,12H2,1H3. The summed E-state index contributed by atoms with van der Waals surface area (Å²) in [5, 5.41) is 16.4. The molecular weight excluding hydrogens is 370 g/mol. The van der Waals surface area contributed by atoms with Gasteiger partial charge in [0, 0.05) is 6.61 Å². The molecule has 1 fully saturated rings. The van der Waals surface area contributed by atoms with Crippen LogP contribution < -0.4 is 0 Å². The molecule has 8 heteroatoms. The minimum Gasteiger partial charge on any atom is -0.381 e. The number of hydrogen-bond donors (Lipinski definition) is 2. The van der Waals surface area contributed by atoms with Crippen LogP contribution in [0.25, 0.3) is 11.1 Å². The number of benzene rings is 2. The fourth-order valence-electron chi connectivity index (χ4n) is 3.30. The van der Waals surface area contributed by atoms with Gasteiger partial charge in [-0.1, -0.05) is 47.2 Å². The molecule has 27 heavy (non-hydrogen) atoms. The normalized spacial score (nSPS) is 20.3. The summed E-state index contributed by atoms with van der Waals surface area (Å²) in [6.07, 6.45) is 0.103. The lowest BCUT2D eigenvalue weighted by molar-refractivity contribution is -0.289. The molecule has 2 aromatic rings. The number of amides is 1. The van der Waals surface area contributed by atoms with Gasteiger partial charge in [-0.2, -0.15) is 0 Å². The summed E-state index contributed by atoms with van der Waals surface area (Å²) >= 11 is 0. The molecule has 0 spiro atoms. The zero-order valence-electron chi connectivity index (χ0n) is 14.8.